The molecule has 0 fully saturated rings. The summed E-state index contributed by atoms with van der Waals surface area (Å²) in [5, 5.41) is 10.4. The Morgan fingerprint density at radius 2 is 0.703 bits per heavy atom. The van der Waals surface area contributed by atoms with Crippen molar-refractivity contribution in [2.75, 3.05) is 0 Å². The Morgan fingerprint density at radius 1 is 0.297 bits per heavy atom. The van der Waals surface area contributed by atoms with Crippen molar-refractivity contribution in [3.05, 3.63) is 207 Å². The Bertz CT molecular complexity index is 3950. The number of aromatic nitrogens is 4. The Morgan fingerprint density at radius 3 is 1.17 bits per heavy atom. The minimum absolute atomic E-state index is 1.02. The van der Waals surface area contributed by atoms with Crippen LogP contribution in [0.15, 0.2) is 207 Å². The maximum atomic E-state index is 4.79. The minimum atomic E-state index is 1.02. The zero-order chi connectivity index (χ0) is 41.9. The van der Waals surface area contributed by atoms with E-state index < -0.39 is 0 Å². The molecule has 14 aromatic rings. The predicted molar refractivity (Wildman–Crippen MR) is 273 cm³/mol. The van der Waals surface area contributed by atoms with Crippen molar-refractivity contribution in [3.63, 3.8) is 0 Å². The van der Waals surface area contributed by atoms with Gasteiger partial charge in [0.2, 0.25) is 0 Å². The molecule has 0 aliphatic carbocycles. The highest BCUT2D eigenvalue weighted by molar-refractivity contribution is 7.27. The van der Waals surface area contributed by atoms with Crippen molar-refractivity contribution >= 4 is 107 Å². The van der Waals surface area contributed by atoms with Gasteiger partial charge in [-0.15, -0.1) is 22.7 Å². The lowest BCUT2D eigenvalue weighted by molar-refractivity contribution is 1.18. The first-order valence-electron chi connectivity index (χ1n) is 21.5. The van der Waals surface area contributed by atoms with E-state index in [-0.39, 0.29) is 0 Å². The molecular formula is C58H34N4S2. The molecule has 6 heteroatoms. The SMILES string of the molecule is c1cc(-c2cncc(-c3cncc(-c4cccc(-n5c6ccccc6c6c7sc8ccccc8c7ccc65)c4)c3)c2)cc(-n2c3ccccc3c3c4sc5ccccc5c4ccc32)c1. The maximum absolute atomic E-state index is 4.79. The Labute approximate surface area is 375 Å². The van der Waals surface area contributed by atoms with Crippen LogP contribution >= 0.6 is 22.7 Å². The van der Waals surface area contributed by atoms with E-state index in [0.717, 1.165) is 44.8 Å². The molecular weight excluding hydrogens is 817 g/mol. The summed E-state index contributed by atoms with van der Waals surface area (Å²) in [6.07, 6.45) is 7.82. The van der Waals surface area contributed by atoms with Crippen LogP contribution in [0.2, 0.25) is 0 Å². The molecule has 6 aromatic heterocycles. The van der Waals surface area contributed by atoms with Crippen LogP contribution in [-0.2, 0) is 0 Å². The second-order valence-electron chi connectivity index (χ2n) is 16.6. The number of thiophene rings is 2. The molecule has 6 heterocycles. The molecule has 0 aliphatic rings. The normalized spacial score (nSPS) is 12.1. The van der Waals surface area contributed by atoms with E-state index in [4.69, 9.17) is 9.97 Å². The van der Waals surface area contributed by atoms with Crippen LogP contribution in [-0.4, -0.2) is 19.1 Å². The Hall–Kier alpha value is -7.90. The summed E-state index contributed by atoms with van der Waals surface area (Å²) in [5.41, 5.74) is 13.4. The minimum Gasteiger partial charge on any atom is -0.309 e. The summed E-state index contributed by atoms with van der Waals surface area (Å²) in [7, 11) is 0. The number of fused-ring (bicyclic) bond motifs is 14. The molecule has 4 nitrogen and oxygen atoms in total. The summed E-state index contributed by atoms with van der Waals surface area (Å²) < 4.78 is 10.1. The van der Waals surface area contributed by atoms with Gasteiger partial charge in [-0.05, 0) is 83.9 Å². The van der Waals surface area contributed by atoms with Crippen molar-refractivity contribution in [2.45, 2.75) is 0 Å². The number of benzene rings is 8. The molecule has 0 saturated heterocycles. The van der Waals surface area contributed by atoms with Crippen molar-refractivity contribution < 1.29 is 0 Å². The largest absolute Gasteiger partial charge is 0.309 e. The molecule has 0 aliphatic heterocycles. The highest BCUT2D eigenvalue weighted by Crippen LogP contribution is 2.45. The number of pyridine rings is 2. The summed E-state index contributed by atoms with van der Waals surface area (Å²) in [5.74, 6) is 0. The van der Waals surface area contributed by atoms with Crippen molar-refractivity contribution in [2.24, 2.45) is 0 Å². The zero-order valence-corrected chi connectivity index (χ0v) is 35.9. The van der Waals surface area contributed by atoms with Gasteiger partial charge in [0.05, 0.1) is 22.1 Å². The summed E-state index contributed by atoms with van der Waals surface area (Å²) in [4.78, 5) is 9.58. The van der Waals surface area contributed by atoms with Crippen LogP contribution in [0.25, 0.3) is 129 Å². The van der Waals surface area contributed by atoms with Crippen LogP contribution in [0.1, 0.15) is 0 Å². The van der Waals surface area contributed by atoms with Crippen molar-refractivity contribution in [3.8, 4) is 44.8 Å². The lowest BCUT2D eigenvalue weighted by Gasteiger charge is -2.12. The standard InChI is InChI=1S/C58H34N4S2/c1-5-19-49-47(17-1)55-51(25-23-45-43-15-3-7-21-53(43)63-57(45)55)61(49)41-13-9-11-35(29-41)37-27-39(33-59-31-37)40-28-38(32-60-34-40)36-12-10-14-42(30-36)62-50-20-6-2-18-48(50)56-52(62)26-24-46-44-16-4-8-22-54(44)64-58(46)56/h1-34H. The fraction of sp³-hybridized carbons (Fsp3) is 0. The Kier molecular flexibility index (Phi) is 7.69. The fourth-order valence-electron chi connectivity index (χ4n) is 10.2. The summed E-state index contributed by atoms with van der Waals surface area (Å²) in [6, 6.07) is 66.5. The lowest BCUT2D eigenvalue weighted by Crippen LogP contribution is -1.95. The number of rotatable bonds is 5. The van der Waals surface area contributed by atoms with Crippen LogP contribution in [0, 0.1) is 0 Å². The van der Waals surface area contributed by atoms with Crippen molar-refractivity contribution in [1.29, 1.82) is 0 Å². The highest BCUT2D eigenvalue weighted by atomic mass is 32.1. The first-order valence-corrected chi connectivity index (χ1v) is 23.2. The smallest absolute Gasteiger partial charge is 0.0555 e. The third kappa shape index (κ3) is 5.27. The predicted octanol–water partition coefficient (Wildman–Crippen LogP) is 16.4. The first-order chi connectivity index (χ1) is 31.7. The fourth-order valence-corrected chi connectivity index (χ4v) is 12.7. The van der Waals surface area contributed by atoms with Gasteiger partial charge in [0.15, 0.2) is 0 Å². The average molecular weight is 851 g/mol. The quantitative estimate of drug-likeness (QED) is 0.173. The zero-order valence-electron chi connectivity index (χ0n) is 34.2. The number of hydrogen-bond donors (Lipinski definition) is 0. The molecule has 8 aromatic carbocycles. The van der Waals surface area contributed by atoms with Gasteiger partial charge in [-0.3, -0.25) is 9.97 Å². The van der Waals surface area contributed by atoms with E-state index in [1.807, 2.05) is 47.5 Å². The molecule has 0 atom stereocenters. The van der Waals surface area contributed by atoms with E-state index in [9.17, 15) is 0 Å². The lowest BCUT2D eigenvalue weighted by atomic mass is 10.00. The van der Waals surface area contributed by atoms with Crippen LogP contribution in [0.5, 0.6) is 0 Å². The molecule has 0 radical (unpaired) electrons. The van der Waals surface area contributed by atoms with Gasteiger partial charge in [-0.2, -0.15) is 0 Å². The third-order valence-corrected chi connectivity index (χ3v) is 15.5. The van der Waals surface area contributed by atoms with E-state index in [1.54, 1.807) is 0 Å². The number of hydrogen-bond acceptors (Lipinski definition) is 4. The van der Waals surface area contributed by atoms with Gasteiger partial charge in [0, 0.05) is 120 Å². The maximum Gasteiger partial charge on any atom is 0.0555 e. The summed E-state index contributed by atoms with van der Waals surface area (Å²) in [6.45, 7) is 0. The van der Waals surface area contributed by atoms with Gasteiger partial charge in [-0.1, -0.05) is 109 Å². The Balaban J connectivity index is 0.843. The molecule has 14 rings (SSSR count). The highest BCUT2D eigenvalue weighted by Gasteiger charge is 2.20. The van der Waals surface area contributed by atoms with Crippen LogP contribution in [0.4, 0.5) is 0 Å². The molecule has 0 bridgehead atoms. The van der Waals surface area contributed by atoms with E-state index >= 15 is 0 Å². The topological polar surface area (TPSA) is 35.6 Å². The van der Waals surface area contributed by atoms with Gasteiger partial charge < -0.3 is 9.13 Å². The molecule has 0 spiro atoms. The molecule has 64 heavy (non-hydrogen) atoms. The number of nitrogens with zero attached hydrogens (tertiary/aromatic N) is 4. The van der Waals surface area contributed by atoms with E-state index in [2.05, 4.69) is 191 Å². The molecule has 0 amide bonds. The second kappa shape index (κ2) is 13.8. The third-order valence-electron chi connectivity index (χ3n) is 13.0. The molecule has 0 N–H and O–H groups in total. The van der Waals surface area contributed by atoms with Gasteiger partial charge in [-0.25, -0.2) is 0 Å². The van der Waals surface area contributed by atoms with Crippen molar-refractivity contribution in [1.82, 2.24) is 19.1 Å². The molecule has 298 valence electrons. The van der Waals surface area contributed by atoms with Crippen LogP contribution < -0.4 is 0 Å². The van der Waals surface area contributed by atoms with E-state index in [0.29, 0.717) is 0 Å². The number of para-hydroxylation sites is 2. The van der Waals surface area contributed by atoms with Gasteiger partial charge in [0.25, 0.3) is 0 Å². The monoisotopic (exact) mass is 850 g/mol. The second-order valence-corrected chi connectivity index (χ2v) is 18.7. The van der Waals surface area contributed by atoms with Crippen LogP contribution in [0.3, 0.4) is 0 Å². The van der Waals surface area contributed by atoms with E-state index in [1.165, 1.54) is 84.0 Å². The van der Waals surface area contributed by atoms with Gasteiger partial charge >= 0.3 is 0 Å². The molecule has 0 saturated carbocycles. The van der Waals surface area contributed by atoms with Gasteiger partial charge in [0.1, 0.15) is 0 Å². The molecule has 0 unspecified atom stereocenters. The summed E-state index contributed by atoms with van der Waals surface area (Å²) >= 11 is 3.77. The first kappa shape index (κ1) is 35.7. The average Bonchev–Trinajstić information content (AvgIpc) is 4.12.